The summed E-state index contributed by atoms with van der Waals surface area (Å²) in [6.07, 6.45) is 1.63. The quantitative estimate of drug-likeness (QED) is 0.286. The fraction of sp³-hybridized carbons (Fsp3) is 0.160. The molecule has 0 spiro atoms. The average Bonchev–Trinajstić information content (AvgIpc) is 3.44. The molecule has 0 aliphatic carbocycles. The average molecular weight is 514 g/mol. The summed E-state index contributed by atoms with van der Waals surface area (Å²) in [6, 6.07) is 15.2. The molecule has 4 rings (SSSR count). The molecule has 2 heterocycles. The number of rotatable bonds is 8. The van der Waals surface area contributed by atoms with E-state index in [-0.39, 0.29) is 30.1 Å². The number of hydrogen-bond acceptors (Lipinski definition) is 8. The van der Waals surface area contributed by atoms with Crippen molar-refractivity contribution in [2.45, 2.75) is 13.2 Å². The minimum Gasteiger partial charge on any atom is -0.493 e. The van der Waals surface area contributed by atoms with Gasteiger partial charge in [-0.25, -0.2) is 4.79 Å². The Morgan fingerprint density at radius 3 is 2.54 bits per heavy atom. The summed E-state index contributed by atoms with van der Waals surface area (Å²) in [4.78, 5) is 38.3. The first-order valence-electron chi connectivity index (χ1n) is 10.4. The van der Waals surface area contributed by atoms with Crippen LogP contribution in [-0.4, -0.2) is 36.2 Å². The van der Waals surface area contributed by atoms with Crippen LogP contribution in [0.4, 0.5) is 4.79 Å². The molecule has 35 heavy (non-hydrogen) atoms. The summed E-state index contributed by atoms with van der Waals surface area (Å²) in [5, 5.41) is 0.243. The molecule has 8 nitrogen and oxygen atoms in total. The molecule has 3 aromatic rings. The van der Waals surface area contributed by atoms with Gasteiger partial charge in [0.2, 0.25) is 5.76 Å². The summed E-state index contributed by atoms with van der Waals surface area (Å²) in [7, 11) is 2.77. The molecule has 2 amide bonds. The maximum atomic E-state index is 12.8. The number of amides is 2. The molecule has 1 aliphatic rings. The fourth-order valence-electron chi connectivity index (χ4n) is 3.27. The van der Waals surface area contributed by atoms with Crippen LogP contribution in [0.15, 0.2) is 63.9 Å². The summed E-state index contributed by atoms with van der Waals surface area (Å²) < 4.78 is 21.2. The van der Waals surface area contributed by atoms with Crippen LogP contribution in [0.25, 0.3) is 6.08 Å². The van der Waals surface area contributed by atoms with Crippen molar-refractivity contribution in [2.75, 3.05) is 14.2 Å². The molecule has 0 unspecified atom stereocenters. The third-order valence-electron chi connectivity index (χ3n) is 5.03. The van der Waals surface area contributed by atoms with Crippen LogP contribution in [0.5, 0.6) is 11.5 Å². The predicted molar refractivity (Wildman–Crippen MR) is 130 cm³/mol. The molecule has 1 fully saturated rings. The first-order valence-corrected chi connectivity index (χ1v) is 11.5. The molecular formula is C25H20ClNO7S. The summed E-state index contributed by atoms with van der Waals surface area (Å²) in [5.74, 6) is 0.448. The molecule has 0 N–H and O–H groups in total. The highest BCUT2D eigenvalue weighted by atomic mass is 35.5. The van der Waals surface area contributed by atoms with Crippen molar-refractivity contribution >= 4 is 46.6 Å². The zero-order valence-electron chi connectivity index (χ0n) is 18.8. The number of halogens is 1. The van der Waals surface area contributed by atoms with Gasteiger partial charge in [-0.15, -0.1) is 0 Å². The number of methoxy groups -OCH3 is 2. The van der Waals surface area contributed by atoms with E-state index in [1.807, 2.05) is 0 Å². The standard InChI is InChI=1S/C25H20ClNO7S/c1-31-21-11-16(5-9-19(21)33-14-18-8-10-20(34-18)24(29)32-2)12-22-23(28)27(25(30)35-22)13-15-3-6-17(26)7-4-15/h3-12H,13-14H2,1-2H3. The van der Waals surface area contributed by atoms with Crippen LogP contribution < -0.4 is 9.47 Å². The lowest BCUT2D eigenvalue weighted by atomic mass is 10.1. The fourth-order valence-corrected chi connectivity index (χ4v) is 4.23. The van der Waals surface area contributed by atoms with E-state index in [2.05, 4.69) is 4.74 Å². The van der Waals surface area contributed by atoms with Crippen LogP contribution >= 0.6 is 23.4 Å². The molecule has 2 aromatic carbocycles. The van der Waals surface area contributed by atoms with Crippen LogP contribution in [-0.2, 0) is 22.7 Å². The van der Waals surface area contributed by atoms with E-state index in [0.29, 0.717) is 32.8 Å². The Balaban J connectivity index is 1.45. The Bertz CT molecular complexity index is 1300. The lowest BCUT2D eigenvalue weighted by Crippen LogP contribution is -2.27. The maximum Gasteiger partial charge on any atom is 0.373 e. The van der Waals surface area contributed by atoms with Gasteiger partial charge in [0.15, 0.2) is 11.5 Å². The van der Waals surface area contributed by atoms with Crippen molar-refractivity contribution in [1.29, 1.82) is 0 Å². The number of furan rings is 1. The smallest absolute Gasteiger partial charge is 0.373 e. The highest BCUT2D eigenvalue weighted by Gasteiger charge is 2.35. The number of imide groups is 1. The molecule has 1 aromatic heterocycles. The normalized spacial score (nSPS) is 14.5. The van der Waals surface area contributed by atoms with Crippen LogP contribution in [0.2, 0.25) is 5.02 Å². The van der Waals surface area contributed by atoms with Gasteiger partial charge in [-0.1, -0.05) is 29.8 Å². The van der Waals surface area contributed by atoms with Crippen molar-refractivity contribution < 1.29 is 33.0 Å². The van der Waals surface area contributed by atoms with Crippen molar-refractivity contribution in [3.63, 3.8) is 0 Å². The Morgan fingerprint density at radius 2 is 1.83 bits per heavy atom. The lowest BCUT2D eigenvalue weighted by molar-refractivity contribution is -0.123. The van der Waals surface area contributed by atoms with E-state index in [1.54, 1.807) is 54.6 Å². The molecule has 180 valence electrons. The maximum absolute atomic E-state index is 12.8. The summed E-state index contributed by atoms with van der Waals surface area (Å²) >= 11 is 6.78. The van der Waals surface area contributed by atoms with E-state index < -0.39 is 5.97 Å². The van der Waals surface area contributed by atoms with Gasteiger partial charge in [-0.3, -0.25) is 14.5 Å². The van der Waals surface area contributed by atoms with E-state index in [1.165, 1.54) is 25.2 Å². The molecule has 0 radical (unpaired) electrons. The van der Waals surface area contributed by atoms with Gasteiger partial charge in [0.1, 0.15) is 12.4 Å². The third kappa shape index (κ3) is 5.70. The first kappa shape index (κ1) is 24.4. The van der Waals surface area contributed by atoms with Gasteiger partial charge >= 0.3 is 5.97 Å². The Morgan fingerprint density at radius 1 is 1.06 bits per heavy atom. The largest absolute Gasteiger partial charge is 0.493 e. The molecular weight excluding hydrogens is 494 g/mol. The molecule has 1 saturated heterocycles. The van der Waals surface area contributed by atoms with Gasteiger partial charge < -0.3 is 18.6 Å². The van der Waals surface area contributed by atoms with Gasteiger partial charge in [-0.2, -0.15) is 0 Å². The number of nitrogens with zero attached hydrogens (tertiary/aromatic N) is 1. The van der Waals surface area contributed by atoms with Crippen molar-refractivity contribution in [1.82, 2.24) is 4.90 Å². The van der Waals surface area contributed by atoms with Crippen molar-refractivity contribution in [3.05, 3.63) is 87.2 Å². The van der Waals surface area contributed by atoms with Crippen LogP contribution in [0.3, 0.4) is 0 Å². The third-order valence-corrected chi connectivity index (χ3v) is 6.19. The molecule has 0 atom stereocenters. The minimum absolute atomic E-state index is 0.0658. The van der Waals surface area contributed by atoms with Crippen molar-refractivity contribution in [3.8, 4) is 11.5 Å². The lowest BCUT2D eigenvalue weighted by Gasteiger charge is -2.12. The zero-order chi connectivity index (χ0) is 24.9. The number of carbonyl (C=O) groups excluding carboxylic acids is 3. The van der Waals surface area contributed by atoms with E-state index >= 15 is 0 Å². The monoisotopic (exact) mass is 513 g/mol. The van der Waals surface area contributed by atoms with Crippen LogP contribution in [0.1, 0.15) is 27.4 Å². The number of ether oxygens (including phenoxy) is 3. The van der Waals surface area contributed by atoms with Gasteiger partial charge in [0.25, 0.3) is 11.1 Å². The number of hydrogen-bond donors (Lipinski definition) is 0. The number of benzene rings is 2. The number of esters is 1. The first-order chi connectivity index (χ1) is 16.9. The van der Waals surface area contributed by atoms with E-state index in [4.69, 9.17) is 25.5 Å². The molecule has 0 saturated carbocycles. The second kappa shape index (κ2) is 10.7. The Kier molecular flexibility index (Phi) is 7.48. The molecule has 1 aliphatic heterocycles. The highest BCUT2D eigenvalue weighted by molar-refractivity contribution is 8.18. The Hall–Kier alpha value is -3.69. The SMILES string of the molecule is COC(=O)c1ccc(COc2ccc(C=C3SC(=O)N(Cc4ccc(Cl)cc4)C3=O)cc2OC)o1. The number of carbonyl (C=O) groups is 3. The highest BCUT2D eigenvalue weighted by Crippen LogP contribution is 2.35. The van der Waals surface area contributed by atoms with E-state index in [0.717, 1.165) is 17.3 Å². The second-order valence-electron chi connectivity index (χ2n) is 7.35. The van der Waals surface area contributed by atoms with Gasteiger partial charge in [0, 0.05) is 5.02 Å². The number of thioether (sulfide) groups is 1. The summed E-state index contributed by atoms with van der Waals surface area (Å²) in [6.45, 7) is 0.232. The zero-order valence-corrected chi connectivity index (χ0v) is 20.4. The molecule has 0 bridgehead atoms. The van der Waals surface area contributed by atoms with E-state index in [9.17, 15) is 14.4 Å². The Labute approximate surface area is 210 Å². The predicted octanol–water partition coefficient (Wildman–Crippen LogP) is 5.54. The second-order valence-corrected chi connectivity index (χ2v) is 8.78. The van der Waals surface area contributed by atoms with Crippen LogP contribution in [0, 0.1) is 0 Å². The minimum atomic E-state index is -0.573. The van der Waals surface area contributed by atoms with Crippen molar-refractivity contribution in [2.24, 2.45) is 0 Å². The van der Waals surface area contributed by atoms with Gasteiger partial charge in [-0.05, 0) is 65.4 Å². The topological polar surface area (TPSA) is 95.3 Å². The molecule has 10 heteroatoms. The van der Waals surface area contributed by atoms with Gasteiger partial charge in [0.05, 0.1) is 25.7 Å². The summed E-state index contributed by atoms with van der Waals surface area (Å²) in [5.41, 5.74) is 1.47.